The van der Waals surface area contributed by atoms with Gasteiger partial charge in [-0.1, -0.05) is 0 Å². The summed E-state index contributed by atoms with van der Waals surface area (Å²) >= 11 is 0. The first-order valence-electron chi connectivity index (χ1n) is 5.44. The average molecular weight is 276 g/mol. The molecule has 19 heavy (non-hydrogen) atoms. The number of anilines is 1. The third-order valence-electron chi connectivity index (χ3n) is 2.69. The Morgan fingerprint density at radius 1 is 1.42 bits per heavy atom. The highest BCUT2D eigenvalue weighted by Crippen LogP contribution is 2.28. The number of aromatic nitrogens is 2. The molecule has 0 aromatic carbocycles. The lowest BCUT2D eigenvalue weighted by Crippen LogP contribution is -2.53. The Bertz CT molecular complexity index is 463. The lowest BCUT2D eigenvalue weighted by molar-refractivity contribution is -0.141. The third-order valence-corrected chi connectivity index (χ3v) is 2.69. The second-order valence-electron chi connectivity index (χ2n) is 3.96. The molecule has 104 valence electrons. The molecular formula is C10H11F3N4O2. The number of hydrogen-bond donors (Lipinski definition) is 1. The zero-order chi connectivity index (χ0) is 14.0. The molecule has 9 heteroatoms. The molecule has 0 radical (unpaired) electrons. The fourth-order valence-corrected chi connectivity index (χ4v) is 1.74. The Morgan fingerprint density at radius 3 is 2.68 bits per heavy atom. The van der Waals surface area contributed by atoms with Gasteiger partial charge in [-0.15, -0.1) is 10.2 Å². The summed E-state index contributed by atoms with van der Waals surface area (Å²) in [5.74, 6) is -0.457. The molecule has 1 fully saturated rings. The van der Waals surface area contributed by atoms with E-state index >= 15 is 0 Å². The molecule has 2 rings (SSSR count). The van der Waals surface area contributed by atoms with Gasteiger partial charge in [0.05, 0.1) is 13.2 Å². The van der Waals surface area contributed by atoms with Gasteiger partial charge >= 0.3 is 6.18 Å². The lowest BCUT2D eigenvalue weighted by Gasteiger charge is -2.34. The number of morpholine rings is 1. The summed E-state index contributed by atoms with van der Waals surface area (Å²) in [6.07, 6.45) is -4.54. The molecule has 2 N–H and O–H groups in total. The predicted molar refractivity (Wildman–Crippen MR) is 58.2 cm³/mol. The van der Waals surface area contributed by atoms with Gasteiger partial charge in [0.25, 0.3) is 0 Å². The topological polar surface area (TPSA) is 81.3 Å². The Labute approximate surface area is 106 Å². The SMILES string of the molecule is NC(=O)[C@H]1COCCN1c1ccc(C(F)(F)F)nn1. The summed E-state index contributed by atoms with van der Waals surface area (Å²) in [4.78, 5) is 12.7. The van der Waals surface area contributed by atoms with Gasteiger partial charge in [0, 0.05) is 6.54 Å². The average Bonchev–Trinajstić information content (AvgIpc) is 2.38. The Morgan fingerprint density at radius 2 is 2.16 bits per heavy atom. The van der Waals surface area contributed by atoms with Crippen molar-refractivity contribution in [2.24, 2.45) is 5.73 Å². The normalized spacial score (nSPS) is 20.4. The number of carbonyl (C=O) groups is 1. The monoisotopic (exact) mass is 276 g/mol. The van der Waals surface area contributed by atoms with Gasteiger partial charge in [-0.25, -0.2) is 0 Å². The largest absolute Gasteiger partial charge is 0.435 e. The van der Waals surface area contributed by atoms with E-state index in [9.17, 15) is 18.0 Å². The number of primary amides is 1. The second kappa shape index (κ2) is 5.00. The number of hydrogen-bond acceptors (Lipinski definition) is 5. The predicted octanol–water partition coefficient (Wildman–Crippen LogP) is 0.186. The van der Waals surface area contributed by atoms with E-state index in [0.717, 1.165) is 12.1 Å². The van der Waals surface area contributed by atoms with Crippen molar-refractivity contribution in [3.8, 4) is 0 Å². The standard InChI is InChI=1S/C10H11F3N4O2/c11-10(12,13)7-1-2-8(16-15-7)17-3-4-19-5-6(17)9(14)18/h1-2,6H,3-5H2,(H2,14,18)/t6-/m1/s1. The highest BCUT2D eigenvalue weighted by Gasteiger charge is 2.34. The number of nitrogens with zero attached hydrogens (tertiary/aromatic N) is 3. The van der Waals surface area contributed by atoms with Crippen LogP contribution in [0.1, 0.15) is 5.69 Å². The summed E-state index contributed by atoms with van der Waals surface area (Å²) in [7, 11) is 0. The van der Waals surface area contributed by atoms with Crippen LogP contribution in [0.3, 0.4) is 0 Å². The summed E-state index contributed by atoms with van der Waals surface area (Å²) in [6.45, 7) is 0.734. The van der Waals surface area contributed by atoms with Crippen LogP contribution in [0.15, 0.2) is 12.1 Å². The van der Waals surface area contributed by atoms with Crippen molar-refractivity contribution in [2.45, 2.75) is 12.2 Å². The summed E-state index contributed by atoms with van der Waals surface area (Å²) < 4.78 is 42.2. The molecule has 1 aliphatic rings. The molecule has 0 unspecified atom stereocenters. The first kappa shape index (κ1) is 13.5. The first-order valence-corrected chi connectivity index (χ1v) is 5.44. The fraction of sp³-hybridized carbons (Fsp3) is 0.500. The molecule has 0 bridgehead atoms. The van der Waals surface area contributed by atoms with Gasteiger partial charge in [0.2, 0.25) is 5.91 Å². The maximum absolute atomic E-state index is 12.4. The van der Waals surface area contributed by atoms with E-state index in [1.54, 1.807) is 0 Å². The van der Waals surface area contributed by atoms with Crippen LogP contribution >= 0.6 is 0 Å². The minimum Gasteiger partial charge on any atom is -0.377 e. The van der Waals surface area contributed by atoms with Gasteiger partial charge in [-0.3, -0.25) is 4.79 Å². The molecule has 0 saturated carbocycles. The number of halogens is 3. The van der Waals surface area contributed by atoms with Crippen molar-refractivity contribution in [3.63, 3.8) is 0 Å². The molecule has 1 atom stereocenters. The van der Waals surface area contributed by atoms with Crippen molar-refractivity contribution in [1.29, 1.82) is 0 Å². The molecule has 6 nitrogen and oxygen atoms in total. The minimum atomic E-state index is -4.54. The Hall–Kier alpha value is -1.90. The highest BCUT2D eigenvalue weighted by atomic mass is 19.4. The van der Waals surface area contributed by atoms with Crippen LogP contribution in [0.5, 0.6) is 0 Å². The summed E-state index contributed by atoms with van der Waals surface area (Å²) in [5, 5.41) is 6.60. The van der Waals surface area contributed by atoms with E-state index in [4.69, 9.17) is 10.5 Å². The molecule has 0 spiro atoms. The molecule has 1 aromatic rings. The van der Waals surface area contributed by atoms with E-state index in [0.29, 0.717) is 13.2 Å². The van der Waals surface area contributed by atoms with E-state index in [2.05, 4.69) is 10.2 Å². The number of rotatable bonds is 2. The smallest absolute Gasteiger partial charge is 0.377 e. The van der Waals surface area contributed by atoms with Gasteiger partial charge in [0.1, 0.15) is 6.04 Å². The highest BCUT2D eigenvalue weighted by molar-refractivity contribution is 5.83. The van der Waals surface area contributed by atoms with Crippen molar-refractivity contribution in [3.05, 3.63) is 17.8 Å². The van der Waals surface area contributed by atoms with Gasteiger partial charge < -0.3 is 15.4 Å². The van der Waals surface area contributed by atoms with Gasteiger partial charge in [-0.05, 0) is 12.1 Å². The van der Waals surface area contributed by atoms with Crippen LogP contribution < -0.4 is 10.6 Å². The lowest BCUT2D eigenvalue weighted by atomic mass is 10.2. The molecule has 2 heterocycles. The zero-order valence-electron chi connectivity index (χ0n) is 9.72. The first-order chi connectivity index (χ1) is 8.89. The van der Waals surface area contributed by atoms with Crippen molar-refractivity contribution >= 4 is 11.7 Å². The summed E-state index contributed by atoms with van der Waals surface area (Å²) in [5.41, 5.74) is 4.12. The number of ether oxygens (including phenoxy) is 1. The van der Waals surface area contributed by atoms with Gasteiger partial charge in [-0.2, -0.15) is 13.2 Å². The maximum Gasteiger partial charge on any atom is 0.435 e. The van der Waals surface area contributed by atoms with E-state index < -0.39 is 23.8 Å². The second-order valence-corrected chi connectivity index (χ2v) is 3.96. The van der Waals surface area contributed by atoms with Crippen molar-refractivity contribution in [1.82, 2.24) is 10.2 Å². The Kier molecular flexibility index (Phi) is 3.56. The summed E-state index contributed by atoms with van der Waals surface area (Å²) in [6, 6.07) is 1.23. The minimum absolute atomic E-state index is 0.0814. The molecule has 1 saturated heterocycles. The molecular weight excluding hydrogens is 265 g/mol. The quantitative estimate of drug-likeness (QED) is 0.833. The van der Waals surface area contributed by atoms with Crippen LogP contribution in [0.2, 0.25) is 0 Å². The molecule has 1 aromatic heterocycles. The zero-order valence-corrected chi connectivity index (χ0v) is 9.72. The fourth-order valence-electron chi connectivity index (χ4n) is 1.74. The van der Waals surface area contributed by atoms with E-state index in [1.165, 1.54) is 4.90 Å². The number of carbonyl (C=O) groups excluding carboxylic acids is 1. The van der Waals surface area contributed by atoms with Crippen LogP contribution in [0.4, 0.5) is 19.0 Å². The van der Waals surface area contributed by atoms with Crippen LogP contribution in [-0.2, 0) is 15.7 Å². The van der Waals surface area contributed by atoms with Crippen LogP contribution in [0.25, 0.3) is 0 Å². The van der Waals surface area contributed by atoms with E-state index in [-0.39, 0.29) is 12.4 Å². The Balaban J connectivity index is 2.23. The van der Waals surface area contributed by atoms with Gasteiger partial charge in [0.15, 0.2) is 11.5 Å². The molecule has 1 aliphatic heterocycles. The molecule has 0 aliphatic carbocycles. The number of alkyl halides is 3. The number of nitrogens with two attached hydrogens (primary N) is 1. The van der Waals surface area contributed by atoms with Crippen molar-refractivity contribution < 1.29 is 22.7 Å². The maximum atomic E-state index is 12.4. The number of amides is 1. The van der Waals surface area contributed by atoms with Crippen LogP contribution in [0, 0.1) is 0 Å². The van der Waals surface area contributed by atoms with E-state index in [1.807, 2.05) is 0 Å². The molecule has 1 amide bonds. The van der Waals surface area contributed by atoms with Crippen LogP contribution in [-0.4, -0.2) is 41.9 Å². The van der Waals surface area contributed by atoms with Crippen molar-refractivity contribution in [2.75, 3.05) is 24.7 Å². The third kappa shape index (κ3) is 2.92.